The Labute approximate surface area is 113 Å². The Balaban J connectivity index is 1.53. The van der Waals surface area contributed by atoms with E-state index in [1.807, 2.05) is 21.8 Å². The second kappa shape index (κ2) is 5.33. The van der Waals surface area contributed by atoms with Gasteiger partial charge in [-0.25, -0.2) is 0 Å². The maximum absolute atomic E-state index is 12.2. The minimum atomic E-state index is 0.247. The van der Waals surface area contributed by atoms with Gasteiger partial charge in [0, 0.05) is 44.5 Å². The predicted molar refractivity (Wildman–Crippen MR) is 72.2 cm³/mol. The van der Waals surface area contributed by atoms with E-state index in [1.54, 1.807) is 6.20 Å². The molecule has 3 unspecified atom stereocenters. The van der Waals surface area contributed by atoms with Gasteiger partial charge in [-0.05, 0) is 30.7 Å². The van der Waals surface area contributed by atoms with E-state index in [4.69, 9.17) is 5.73 Å². The molecule has 0 radical (unpaired) electrons. The zero-order valence-corrected chi connectivity index (χ0v) is 11.2. The molecule has 1 aromatic heterocycles. The molecule has 3 rings (SSSR count). The molecule has 1 aliphatic carbocycles. The highest BCUT2D eigenvalue weighted by molar-refractivity contribution is 5.76. The average Bonchev–Trinajstić information content (AvgIpc) is 3.05. The molecule has 2 N–H and O–H groups in total. The van der Waals surface area contributed by atoms with Gasteiger partial charge in [-0.2, -0.15) is 5.10 Å². The molecule has 2 heterocycles. The van der Waals surface area contributed by atoms with Gasteiger partial charge < -0.3 is 10.6 Å². The van der Waals surface area contributed by atoms with Crippen LogP contribution in [0.4, 0.5) is 0 Å². The molecule has 19 heavy (non-hydrogen) atoms. The van der Waals surface area contributed by atoms with Crippen molar-refractivity contribution in [3.05, 3.63) is 18.5 Å². The summed E-state index contributed by atoms with van der Waals surface area (Å²) < 4.78 is 1.81. The second-order valence-electron chi connectivity index (χ2n) is 5.84. The third-order valence-electron chi connectivity index (χ3n) is 4.62. The summed E-state index contributed by atoms with van der Waals surface area (Å²) in [6.45, 7) is 2.45. The molecule has 1 saturated heterocycles. The number of fused-ring (bicyclic) bond motifs is 1. The fourth-order valence-electron chi connectivity index (χ4n) is 3.52. The van der Waals surface area contributed by atoms with E-state index < -0.39 is 0 Å². The maximum Gasteiger partial charge on any atom is 0.224 e. The van der Waals surface area contributed by atoms with Gasteiger partial charge in [0.1, 0.15) is 0 Å². The molecule has 0 aromatic carbocycles. The quantitative estimate of drug-likeness (QED) is 0.878. The molecular weight excluding hydrogens is 240 g/mol. The first-order valence-corrected chi connectivity index (χ1v) is 7.25. The van der Waals surface area contributed by atoms with Crippen LogP contribution >= 0.6 is 0 Å². The van der Waals surface area contributed by atoms with Crippen molar-refractivity contribution in [2.24, 2.45) is 17.6 Å². The van der Waals surface area contributed by atoms with E-state index in [-0.39, 0.29) is 5.91 Å². The smallest absolute Gasteiger partial charge is 0.224 e. The number of carbonyl (C=O) groups excluding carboxylic acids is 1. The first-order valence-electron chi connectivity index (χ1n) is 7.25. The highest BCUT2D eigenvalue weighted by Gasteiger charge is 2.40. The van der Waals surface area contributed by atoms with E-state index in [0.717, 1.165) is 19.5 Å². The summed E-state index contributed by atoms with van der Waals surface area (Å²) in [7, 11) is 0. The van der Waals surface area contributed by atoms with E-state index in [0.29, 0.717) is 30.8 Å². The number of hydrogen-bond acceptors (Lipinski definition) is 3. The topological polar surface area (TPSA) is 64.2 Å². The summed E-state index contributed by atoms with van der Waals surface area (Å²) in [5, 5.41) is 4.13. The zero-order valence-electron chi connectivity index (χ0n) is 11.2. The minimum absolute atomic E-state index is 0.247. The van der Waals surface area contributed by atoms with Crippen molar-refractivity contribution in [2.75, 3.05) is 13.1 Å². The van der Waals surface area contributed by atoms with Gasteiger partial charge >= 0.3 is 0 Å². The van der Waals surface area contributed by atoms with Gasteiger partial charge in [-0.15, -0.1) is 0 Å². The van der Waals surface area contributed by atoms with Crippen molar-refractivity contribution in [3.8, 4) is 0 Å². The van der Waals surface area contributed by atoms with Crippen LogP contribution in [-0.4, -0.2) is 39.7 Å². The molecule has 1 saturated carbocycles. The molecule has 1 amide bonds. The molecule has 0 spiro atoms. The molecule has 3 atom stereocenters. The number of aryl methyl sites for hydroxylation is 1. The number of hydrogen-bond donors (Lipinski definition) is 1. The minimum Gasteiger partial charge on any atom is -0.342 e. The van der Waals surface area contributed by atoms with Gasteiger partial charge in [-0.3, -0.25) is 9.48 Å². The Hall–Kier alpha value is -1.36. The average molecular weight is 262 g/mol. The highest BCUT2D eigenvalue weighted by Crippen LogP contribution is 2.35. The SMILES string of the molecule is NC1CCCC2CN(C(=O)CCn3cccn3)CC12. The number of rotatable bonds is 3. The van der Waals surface area contributed by atoms with Crippen molar-refractivity contribution in [3.63, 3.8) is 0 Å². The summed E-state index contributed by atoms with van der Waals surface area (Å²) in [5.41, 5.74) is 6.18. The largest absolute Gasteiger partial charge is 0.342 e. The maximum atomic E-state index is 12.2. The lowest BCUT2D eigenvalue weighted by Crippen LogP contribution is -2.38. The van der Waals surface area contributed by atoms with Crippen LogP contribution < -0.4 is 5.73 Å². The monoisotopic (exact) mass is 262 g/mol. The number of carbonyl (C=O) groups is 1. The first-order chi connectivity index (χ1) is 9.24. The van der Waals surface area contributed by atoms with Crippen LogP contribution in [0.5, 0.6) is 0 Å². The Kier molecular flexibility index (Phi) is 3.55. The van der Waals surface area contributed by atoms with Crippen molar-refractivity contribution in [2.45, 2.75) is 38.3 Å². The second-order valence-corrected chi connectivity index (χ2v) is 5.84. The van der Waals surface area contributed by atoms with Gasteiger partial charge in [0.25, 0.3) is 0 Å². The standard InChI is InChI=1S/C14H22N4O/c15-13-4-1-3-11-9-17(10-12(11)13)14(19)5-8-18-7-2-6-16-18/h2,6-7,11-13H,1,3-5,8-10,15H2. The Morgan fingerprint density at radius 2 is 2.26 bits per heavy atom. The van der Waals surface area contributed by atoms with Crippen LogP contribution in [0.1, 0.15) is 25.7 Å². The summed E-state index contributed by atoms with van der Waals surface area (Å²) in [6, 6.07) is 2.18. The van der Waals surface area contributed by atoms with E-state index in [2.05, 4.69) is 5.10 Å². The molecule has 5 heteroatoms. The number of nitrogens with zero attached hydrogens (tertiary/aromatic N) is 3. The highest BCUT2D eigenvalue weighted by atomic mass is 16.2. The van der Waals surface area contributed by atoms with Gasteiger partial charge in [-0.1, -0.05) is 6.42 Å². The molecule has 0 bridgehead atoms. The molecule has 2 aliphatic rings. The Bertz CT molecular complexity index is 431. The Morgan fingerprint density at radius 3 is 3.00 bits per heavy atom. The Morgan fingerprint density at radius 1 is 1.37 bits per heavy atom. The lowest BCUT2D eigenvalue weighted by Gasteiger charge is -2.29. The number of likely N-dealkylation sites (tertiary alicyclic amines) is 1. The fourth-order valence-corrected chi connectivity index (χ4v) is 3.52. The van der Waals surface area contributed by atoms with Gasteiger partial charge in [0.15, 0.2) is 0 Å². The van der Waals surface area contributed by atoms with Gasteiger partial charge in [0.05, 0.1) is 0 Å². The predicted octanol–water partition coefficient (Wildman–Crippen LogP) is 0.859. The number of nitrogens with two attached hydrogens (primary N) is 1. The number of amides is 1. The van der Waals surface area contributed by atoms with Crippen LogP contribution in [-0.2, 0) is 11.3 Å². The molecule has 2 fully saturated rings. The van der Waals surface area contributed by atoms with Crippen LogP contribution in [0, 0.1) is 11.8 Å². The van der Waals surface area contributed by atoms with Crippen molar-refractivity contribution in [1.82, 2.24) is 14.7 Å². The van der Waals surface area contributed by atoms with Crippen LogP contribution in [0.25, 0.3) is 0 Å². The van der Waals surface area contributed by atoms with Crippen molar-refractivity contribution in [1.29, 1.82) is 0 Å². The third kappa shape index (κ3) is 2.66. The molecular formula is C14H22N4O. The van der Waals surface area contributed by atoms with E-state index in [1.165, 1.54) is 12.8 Å². The first kappa shape index (κ1) is 12.7. The molecule has 5 nitrogen and oxygen atoms in total. The molecule has 1 aliphatic heterocycles. The summed E-state index contributed by atoms with van der Waals surface area (Å²) in [5.74, 6) is 1.41. The van der Waals surface area contributed by atoms with E-state index >= 15 is 0 Å². The third-order valence-corrected chi connectivity index (χ3v) is 4.62. The van der Waals surface area contributed by atoms with Crippen LogP contribution in [0.15, 0.2) is 18.5 Å². The summed E-state index contributed by atoms with van der Waals surface area (Å²) in [6.07, 6.45) is 7.76. The lowest BCUT2D eigenvalue weighted by molar-refractivity contribution is -0.130. The fraction of sp³-hybridized carbons (Fsp3) is 0.714. The van der Waals surface area contributed by atoms with E-state index in [9.17, 15) is 4.79 Å². The zero-order chi connectivity index (χ0) is 13.2. The lowest BCUT2D eigenvalue weighted by atomic mass is 9.78. The van der Waals surface area contributed by atoms with Crippen molar-refractivity contribution >= 4 is 5.91 Å². The summed E-state index contributed by atoms with van der Waals surface area (Å²) in [4.78, 5) is 14.3. The number of aromatic nitrogens is 2. The molecule has 1 aromatic rings. The normalized spacial score (nSPS) is 30.4. The summed E-state index contributed by atoms with van der Waals surface area (Å²) >= 11 is 0. The van der Waals surface area contributed by atoms with Crippen LogP contribution in [0.3, 0.4) is 0 Å². The molecule has 104 valence electrons. The van der Waals surface area contributed by atoms with Crippen LogP contribution in [0.2, 0.25) is 0 Å². The van der Waals surface area contributed by atoms with Crippen molar-refractivity contribution < 1.29 is 4.79 Å². The van der Waals surface area contributed by atoms with Gasteiger partial charge in [0.2, 0.25) is 5.91 Å².